The topological polar surface area (TPSA) is 91.3 Å². The third-order valence-corrected chi connectivity index (χ3v) is 8.92. The number of fused-ring (bicyclic) bond motifs is 6. The summed E-state index contributed by atoms with van der Waals surface area (Å²) in [5, 5.41) is 21.2. The van der Waals surface area contributed by atoms with Crippen LogP contribution in [-0.2, 0) is 0 Å². The number of rotatable bonds is 4. The molecule has 0 radical (unpaired) electrons. The molecule has 0 spiro atoms. The van der Waals surface area contributed by atoms with E-state index in [9.17, 15) is 0 Å². The van der Waals surface area contributed by atoms with E-state index in [0.29, 0.717) is 17.6 Å². The van der Waals surface area contributed by atoms with Crippen molar-refractivity contribution in [2.45, 2.75) is 0 Å². The Balaban J connectivity index is 1.34. The summed E-state index contributed by atoms with van der Waals surface area (Å²) >= 11 is 0. The number of para-hydroxylation sites is 2. The van der Waals surface area contributed by atoms with Crippen molar-refractivity contribution in [1.29, 1.82) is 10.8 Å². The van der Waals surface area contributed by atoms with E-state index in [2.05, 4.69) is 71.3 Å². The van der Waals surface area contributed by atoms with Crippen LogP contribution in [0.1, 0.15) is 11.1 Å². The van der Waals surface area contributed by atoms with Crippen molar-refractivity contribution in [2.24, 2.45) is 0 Å². The van der Waals surface area contributed by atoms with E-state index in [1.54, 1.807) is 6.08 Å². The summed E-state index contributed by atoms with van der Waals surface area (Å²) in [6.07, 6.45) is 3.59. The Hall–Kier alpha value is -6.53. The fourth-order valence-electron chi connectivity index (χ4n) is 6.68. The predicted molar refractivity (Wildman–Crippen MR) is 192 cm³/mol. The average Bonchev–Trinajstić information content (AvgIpc) is 3.47. The minimum absolute atomic E-state index is 0.198. The SMILES string of the molecule is N=C1C=Cc2ccc3ccc(-c4nc(-c5ccccc5-c5ccccc5)nc(-n5c6ccccc6c6ccccc65)n4)cc3c2C1=N. The molecule has 0 fully saturated rings. The minimum atomic E-state index is 0.198. The summed E-state index contributed by atoms with van der Waals surface area (Å²) in [6, 6.07) is 45.4. The van der Waals surface area contributed by atoms with Crippen LogP contribution in [0.5, 0.6) is 0 Å². The van der Waals surface area contributed by atoms with Gasteiger partial charge in [-0.1, -0.05) is 121 Å². The molecule has 2 aromatic heterocycles. The number of aromatic nitrogens is 4. The van der Waals surface area contributed by atoms with E-state index in [-0.39, 0.29) is 11.4 Å². The third kappa shape index (κ3) is 4.30. The Labute approximate surface area is 270 Å². The lowest BCUT2D eigenvalue weighted by Crippen LogP contribution is -2.16. The average molecular weight is 603 g/mol. The number of benzene rings is 6. The first kappa shape index (κ1) is 26.8. The molecule has 8 aromatic rings. The van der Waals surface area contributed by atoms with Crippen LogP contribution in [-0.4, -0.2) is 30.9 Å². The van der Waals surface area contributed by atoms with Crippen molar-refractivity contribution in [3.63, 3.8) is 0 Å². The highest BCUT2D eigenvalue weighted by atomic mass is 15.2. The molecule has 0 saturated heterocycles. The van der Waals surface area contributed by atoms with E-state index in [1.165, 1.54) is 0 Å². The van der Waals surface area contributed by atoms with Gasteiger partial charge >= 0.3 is 0 Å². The lowest BCUT2D eigenvalue weighted by Gasteiger charge is -2.16. The summed E-state index contributed by atoms with van der Waals surface area (Å²) in [5.41, 5.74) is 7.94. The van der Waals surface area contributed by atoms with Gasteiger partial charge in [-0.3, -0.25) is 15.4 Å². The van der Waals surface area contributed by atoms with Crippen LogP contribution >= 0.6 is 0 Å². The maximum Gasteiger partial charge on any atom is 0.238 e. The molecule has 2 N–H and O–H groups in total. The van der Waals surface area contributed by atoms with E-state index in [4.69, 9.17) is 25.8 Å². The molecule has 6 nitrogen and oxygen atoms in total. The van der Waals surface area contributed by atoms with Gasteiger partial charge in [0.1, 0.15) is 0 Å². The molecule has 1 aliphatic carbocycles. The molecular weight excluding hydrogens is 576 g/mol. The van der Waals surface area contributed by atoms with Gasteiger partial charge in [0.05, 0.1) is 22.5 Å². The van der Waals surface area contributed by atoms with Crippen LogP contribution in [0.4, 0.5) is 0 Å². The molecule has 9 rings (SSSR count). The van der Waals surface area contributed by atoms with E-state index in [0.717, 1.165) is 66.0 Å². The van der Waals surface area contributed by atoms with E-state index < -0.39 is 0 Å². The first-order valence-electron chi connectivity index (χ1n) is 15.5. The Morgan fingerprint density at radius 1 is 0.489 bits per heavy atom. The summed E-state index contributed by atoms with van der Waals surface area (Å²) in [7, 11) is 0. The molecule has 0 aliphatic heterocycles. The van der Waals surface area contributed by atoms with Crippen LogP contribution in [0, 0.1) is 10.8 Å². The van der Waals surface area contributed by atoms with Crippen LogP contribution in [0.3, 0.4) is 0 Å². The maximum atomic E-state index is 8.75. The predicted octanol–water partition coefficient (Wildman–Crippen LogP) is 9.54. The Kier molecular flexibility index (Phi) is 6.01. The maximum absolute atomic E-state index is 8.75. The summed E-state index contributed by atoms with van der Waals surface area (Å²) in [4.78, 5) is 15.5. The molecule has 6 heteroatoms. The van der Waals surface area contributed by atoms with Gasteiger partial charge in [-0.25, -0.2) is 4.98 Å². The highest BCUT2D eigenvalue weighted by Gasteiger charge is 2.21. The van der Waals surface area contributed by atoms with Crippen molar-refractivity contribution >= 4 is 50.1 Å². The highest BCUT2D eigenvalue weighted by Crippen LogP contribution is 2.36. The quantitative estimate of drug-likeness (QED) is 0.210. The van der Waals surface area contributed by atoms with Crippen molar-refractivity contribution in [2.75, 3.05) is 0 Å². The van der Waals surface area contributed by atoms with E-state index >= 15 is 0 Å². The number of nitrogens with one attached hydrogen (secondary N) is 2. The van der Waals surface area contributed by atoms with Crippen molar-refractivity contribution in [3.8, 4) is 39.9 Å². The van der Waals surface area contributed by atoms with Gasteiger partial charge in [0.2, 0.25) is 5.95 Å². The highest BCUT2D eigenvalue weighted by molar-refractivity contribution is 6.53. The molecule has 220 valence electrons. The second kappa shape index (κ2) is 10.5. The Morgan fingerprint density at radius 2 is 1.13 bits per heavy atom. The molecule has 0 unspecified atom stereocenters. The molecule has 0 saturated carbocycles. The van der Waals surface area contributed by atoms with Gasteiger partial charge in [0.25, 0.3) is 0 Å². The molecule has 47 heavy (non-hydrogen) atoms. The second-order valence-corrected chi connectivity index (χ2v) is 11.7. The first-order valence-corrected chi connectivity index (χ1v) is 15.5. The molecule has 0 bridgehead atoms. The number of hydrogen-bond donors (Lipinski definition) is 2. The second-order valence-electron chi connectivity index (χ2n) is 11.7. The molecule has 1 aliphatic rings. The van der Waals surface area contributed by atoms with Crippen LogP contribution < -0.4 is 0 Å². The lowest BCUT2D eigenvalue weighted by atomic mass is 9.89. The summed E-state index contributed by atoms with van der Waals surface area (Å²) in [5.74, 6) is 1.62. The van der Waals surface area contributed by atoms with Crippen molar-refractivity contribution in [3.05, 3.63) is 151 Å². The molecule has 0 atom stereocenters. The smallest absolute Gasteiger partial charge is 0.238 e. The standard InChI is InChI=1S/C41H26N6/c42-34-23-22-27-20-18-26-19-21-28(24-33(26)37(27)38(34)43)39-44-40(32-15-5-4-12-29(32)25-10-2-1-3-11-25)46-41(45-39)47-35-16-8-6-13-30(35)31-14-7-9-17-36(31)47/h1-24,42-43H. The fraction of sp³-hybridized carbons (Fsp3) is 0. The third-order valence-electron chi connectivity index (χ3n) is 8.92. The zero-order valence-electron chi connectivity index (χ0n) is 25.1. The van der Waals surface area contributed by atoms with Crippen LogP contribution in [0.2, 0.25) is 0 Å². The van der Waals surface area contributed by atoms with Gasteiger partial charge in [-0.05, 0) is 51.7 Å². The molecule has 0 amide bonds. The zero-order valence-corrected chi connectivity index (χ0v) is 25.1. The first-order chi connectivity index (χ1) is 23.1. The Morgan fingerprint density at radius 3 is 1.89 bits per heavy atom. The monoisotopic (exact) mass is 602 g/mol. The van der Waals surface area contributed by atoms with Gasteiger partial charge in [0.15, 0.2) is 11.6 Å². The molecule has 6 aromatic carbocycles. The number of allylic oxidation sites excluding steroid dienone is 1. The zero-order chi connectivity index (χ0) is 31.5. The lowest BCUT2D eigenvalue weighted by molar-refractivity contribution is 0.954. The normalized spacial score (nSPS) is 12.7. The number of hydrogen-bond acceptors (Lipinski definition) is 5. The Bertz CT molecular complexity index is 2560. The van der Waals surface area contributed by atoms with Gasteiger partial charge in [0, 0.05) is 27.5 Å². The van der Waals surface area contributed by atoms with E-state index in [1.807, 2.05) is 72.8 Å². The number of nitrogens with zero attached hydrogens (tertiary/aromatic N) is 4. The van der Waals surface area contributed by atoms with Crippen molar-refractivity contribution in [1.82, 2.24) is 19.5 Å². The van der Waals surface area contributed by atoms with Gasteiger partial charge in [-0.15, -0.1) is 0 Å². The fourth-order valence-corrected chi connectivity index (χ4v) is 6.68. The summed E-state index contributed by atoms with van der Waals surface area (Å²) < 4.78 is 2.12. The van der Waals surface area contributed by atoms with Crippen LogP contribution in [0.25, 0.3) is 78.5 Å². The van der Waals surface area contributed by atoms with Gasteiger partial charge < -0.3 is 0 Å². The molecular formula is C41H26N6. The van der Waals surface area contributed by atoms with Crippen molar-refractivity contribution < 1.29 is 0 Å². The minimum Gasteiger partial charge on any atom is -0.299 e. The summed E-state index contributed by atoms with van der Waals surface area (Å²) in [6.45, 7) is 0. The van der Waals surface area contributed by atoms with Gasteiger partial charge in [-0.2, -0.15) is 9.97 Å². The van der Waals surface area contributed by atoms with Crippen LogP contribution in [0.15, 0.2) is 140 Å². The largest absolute Gasteiger partial charge is 0.299 e. The molecule has 2 heterocycles.